The van der Waals surface area contributed by atoms with Gasteiger partial charge >= 0.3 is 0 Å². The van der Waals surface area contributed by atoms with E-state index in [4.69, 9.17) is 0 Å². The number of hydrogen-bond acceptors (Lipinski definition) is 2. The van der Waals surface area contributed by atoms with Gasteiger partial charge < -0.3 is 0 Å². The summed E-state index contributed by atoms with van der Waals surface area (Å²) in [6.07, 6.45) is 6.35. The Hall–Kier alpha value is -0.860. The maximum absolute atomic E-state index is 2.46. The van der Waals surface area contributed by atoms with Gasteiger partial charge in [-0.3, -0.25) is 0 Å². The minimum absolute atomic E-state index is 1.16. The van der Waals surface area contributed by atoms with E-state index in [-0.39, 0.29) is 0 Å². The third-order valence-electron chi connectivity index (χ3n) is 3.31. The van der Waals surface area contributed by atoms with E-state index in [1.165, 1.54) is 44.2 Å². The number of hydrogen-bond donors (Lipinski definition) is 0. The zero-order valence-electron chi connectivity index (χ0n) is 14.2. The monoisotopic (exact) mass is 278 g/mol. The van der Waals surface area contributed by atoms with Gasteiger partial charge in [0.15, 0.2) is 0 Å². The molecule has 2 nitrogen and oxygen atoms in total. The second-order valence-corrected chi connectivity index (χ2v) is 5.10. The van der Waals surface area contributed by atoms with Crippen LogP contribution in [-0.4, -0.2) is 37.2 Å². The summed E-state index contributed by atoms with van der Waals surface area (Å²) in [6.45, 7) is 8.61. The van der Waals surface area contributed by atoms with Gasteiger partial charge in [0.2, 0.25) is 0 Å². The van der Waals surface area contributed by atoms with Crippen molar-refractivity contribution < 1.29 is 0 Å². The highest BCUT2D eigenvalue weighted by molar-refractivity contribution is 5.14. The van der Waals surface area contributed by atoms with Crippen molar-refractivity contribution in [2.45, 2.75) is 52.9 Å². The lowest BCUT2D eigenvalue weighted by Gasteiger charge is -2.28. The number of hydrazine groups is 1. The van der Waals surface area contributed by atoms with Crippen LogP contribution in [0.1, 0.15) is 52.0 Å². The topological polar surface area (TPSA) is 6.48 Å². The molecule has 0 radical (unpaired) electrons. The van der Waals surface area contributed by atoms with Crippen molar-refractivity contribution in [2.75, 3.05) is 27.2 Å². The Morgan fingerprint density at radius 3 is 2.00 bits per heavy atom. The Balaban J connectivity index is 0.00000172. The van der Waals surface area contributed by atoms with Crippen molar-refractivity contribution in [2.24, 2.45) is 0 Å². The van der Waals surface area contributed by atoms with Gasteiger partial charge in [-0.25, -0.2) is 10.0 Å². The van der Waals surface area contributed by atoms with Crippen LogP contribution in [-0.2, 0) is 6.42 Å². The highest BCUT2D eigenvalue weighted by Gasteiger charge is 2.06. The highest BCUT2D eigenvalue weighted by Crippen LogP contribution is 2.06. The smallest absolute Gasteiger partial charge is 0.0136 e. The summed E-state index contributed by atoms with van der Waals surface area (Å²) in [6, 6.07) is 10.8. The molecule has 0 unspecified atom stereocenters. The summed E-state index contributed by atoms with van der Waals surface area (Å²) in [5, 5.41) is 4.69. The average molecular weight is 278 g/mol. The van der Waals surface area contributed by atoms with Crippen LogP contribution in [0.2, 0.25) is 0 Å². The summed E-state index contributed by atoms with van der Waals surface area (Å²) >= 11 is 0. The lowest BCUT2D eigenvalue weighted by molar-refractivity contribution is 0.0224. The van der Waals surface area contributed by atoms with E-state index in [2.05, 4.69) is 61.4 Å². The quantitative estimate of drug-likeness (QED) is 0.480. The molecule has 0 aromatic heterocycles. The van der Waals surface area contributed by atoms with Gasteiger partial charge in [-0.15, -0.1) is 0 Å². The lowest BCUT2D eigenvalue weighted by atomic mass is 10.1. The number of rotatable bonds is 9. The van der Waals surface area contributed by atoms with Gasteiger partial charge in [0.05, 0.1) is 0 Å². The normalized spacial score (nSPS) is 10.6. The van der Waals surface area contributed by atoms with Gasteiger partial charge in [0, 0.05) is 27.2 Å². The molecule has 20 heavy (non-hydrogen) atoms. The molecular formula is C18H34N2. The Morgan fingerprint density at radius 1 is 0.850 bits per heavy atom. The van der Waals surface area contributed by atoms with Crippen LogP contribution in [0, 0.1) is 0 Å². The fraction of sp³-hybridized carbons (Fsp3) is 0.667. The molecule has 0 aliphatic carbocycles. The molecule has 1 aromatic rings. The zero-order chi connectivity index (χ0) is 15.2. The van der Waals surface area contributed by atoms with Crippen molar-refractivity contribution >= 4 is 0 Å². The SMILES string of the molecule is CC.CCCCCN(CCCc1ccccc1)N(C)C. The van der Waals surface area contributed by atoms with E-state index < -0.39 is 0 Å². The molecule has 0 N–H and O–H groups in total. The van der Waals surface area contributed by atoms with Crippen molar-refractivity contribution in [1.82, 2.24) is 10.0 Å². The molecule has 1 rings (SSSR count). The molecule has 1 aromatic carbocycles. The molecule has 0 saturated carbocycles. The summed E-state index contributed by atoms with van der Waals surface area (Å²) in [5.74, 6) is 0. The largest absolute Gasteiger partial charge is 0.248 e. The molecule has 2 heteroatoms. The zero-order valence-corrected chi connectivity index (χ0v) is 14.2. The van der Waals surface area contributed by atoms with Gasteiger partial charge in [-0.1, -0.05) is 63.9 Å². The van der Waals surface area contributed by atoms with Crippen molar-refractivity contribution in [3.63, 3.8) is 0 Å². The second kappa shape index (κ2) is 13.1. The number of benzene rings is 1. The predicted octanol–water partition coefficient (Wildman–Crippen LogP) is 4.61. The predicted molar refractivity (Wildman–Crippen MR) is 90.9 cm³/mol. The molecule has 0 saturated heterocycles. The minimum Gasteiger partial charge on any atom is -0.248 e. The van der Waals surface area contributed by atoms with E-state index in [0.717, 1.165) is 6.54 Å². The van der Waals surface area contributed by atoms with E-state index in [9.17, 15) is 0 Å². The van der Waals surface area contributed by atoms with Gasteiger partial charge in [-0.2, -0.15) is 0 Å². The van der Waals surface area contributed by atoms with E-state index >= 15 is 0 Å². The van der Waals surface area contributed by atoms with Gasteiger partial charge in [0.1, 0.15) is 0 Å². The molecule has 0 heterocycles. The van der Waals surface area contributed by atoms with Crippen LogP contribution >= 0.6 is 0 Å². The third-order valence-corrected chi connectivity index (χ3v) is 3.31. The first-order valence-corrected chi connectivity index (χ1v) is 8.20. The molecule has 0 fully saturated rings. The van der Waals surface area contributed by atoms with Crippen LogP contribution in [0.25, 0.3) is 0 Å². The van der Waals surface area contributed by atoms with Crippen LogP contribution in [0.15, 0.2) is 30.3 Å². The molecule has 0 aliphatic rings. The fourth-order valence-electron chi connectivity index (χ4n) is 2.17. The highest BCUT2D eigenvalue weighted by atomic mass is 15.6. The molecule has 0 spiro atoms. The lowest BCUT2D eigenvalue weighted by Crippen LogP contribution is -2.38. The second-order valence-electron chi connectivity index (χ2n) is 5.10. The summed E-state index contributed by atoms with van der Waals surface area (Å²) in [7, 11) is 4.29. The first kappa shape index (κ1) is 19.1. The third kappa shape index (κ3) is 9.11. The average Bonchev–Trinajstić information content (AvgIpc) is 2.49. The van der Waals surface area contributed by atoms with Crippen molar-refractivity contribution in [3.05, 3.63) is 35.9 Å². The van der Waals surface area contributed by atoms with Crippen molar-refractivity contribution in [3.8, 4) is 0 Å². The number of aryl methyl sites for hydroxylation is 1. The molecule has 0 aliphatic heterocycles. The Morgan fingerprint density at radius 2 is 1.45 bits per heavy atom. The van der Waals surface area contributed by atoms with Crippen LogP contribution in [0.5, 0.6) is 0 Å². The summed E-state index contributed by atoms with van der Waals surface area (Å²) in [5.41, 5.74) is 1.45. The first-order valence-electron chi connectivity index (χ1n) is 8.20. The maximum Gasteiger partial charge on any atom is 0.0136 e. The summed E-state index contributed by atoms with van der Waals surface area (Å²) < 4.78 is 0. The number of unbranched alkanes of at least 4 members (excludes halogenated alkanes) is 2. The maximum atomic E-state index is 2.46. The Kier molecular flexibility index (Phi) is 12.6. The standard InChI is InChI=1S/C16H28N2.C2H6/c1-4-5-9-14-18(17(2)3)15-10-13-16-11-7-6-8-12-16;1-2/h6-8,11-12H,4-5,9-10,13-15H2,1-3H3;1-2H3. The van der Waals surface area contributed by atoms with E-state index in [1.807, 2.05) is 13.8 Å². The molecule has 0 bridgehead atoms. The van der Waals surface area contributed by atoms with E-state index in [1.54, 1.807) is 0 Å². The Labute approximate surface area is 126 Å². The molecule has 116 valence electrons. The van der Waals surface area contributed by atoms with E-state index in [0.29, 0.717) is 0 Å². The minimum atomic E-state index is 1.16. The molecule has 0 amide bonds. The van der Waals surface area contributed by atoms with Crippen molar-refractivity contribution in [1.29, 1.82) is 0 Å². The molecule has 0 atom stereocenters. The van der Waals surface area contributed by atoms with Gasteiger partial charge in [0.25, 0.3) is 0 Å². The Bertz CT molecular complexity index is 296. The molecular weight excluding hydrogens is 244 g/mol. The fourth-order valence-corrected chi connectivity index (χ4v) is 2.17. The van der Waals surface area contributed by atoms with Gasteiger partial charge in [-0.05, 0) is 24.8 Å². The first-order chi connectivity index (χ1) is 9.74. The van der Waals surface area contributed by atoms with Crippen LogP contribution in [0.3, 0.4) is 0 Å². The number of nitrogens with zero attached hydrogens (tertiary/aromatic N) is 2. The van der Waals surface area contributed by atoms with Crippen LogP contribution < -0.4 is 0 Å². The summed E-state index contributed by atoms with van der Waals surface area (Å²) in [4.78, 5) is 0. The van der Waals surface area contributed by atoms with Crippen LogP contribution in [0.4, 0.5) is 0 Å².